The van der Waals surface area contributed by atoms with Crippen LogP contribution in [0.2, 0.25) is 0 Å². The molecule has 19 heavy (non-hydrogen) atoms. The molecule has 0 saturated heterocycles. The van der Waals surface area contributed by atoms with Gasteiger partial charge in [0.25, 0.3) is 0 Å². The molecule has 0 N–H and O–H groups in total. The summed E-state index contributed by atoms with van der Waals surface area (Å²) < 4.78 is 45.4. The van der Waals surface area contributed by atoms with Crippen molar-refractivity contribution in [3.05, 3.63) is 29.3 Å². The van der Waals surface area contributed by atoms with Gasteiger partial charge in [0, 0.05) is 11.4 Å². The van der Waals surface area contributed by atoms with Crippen molar-refractivity contribution in [3.8, 4) is 5.75 Å². The van der Waals surface area contributed by atoms with Gasteiger partial charge in [-0.05, 0) is 30.5 Å². The van der Waals surface area contributed by atoms with Gasteiger partial charge in [-0.2, -0.15) is 13.2 Å². The number of alkyl halides is 4. The second-order valence-electron chi connectivity index (χ2n) is 4.15. The van der Waals surface area contributed by atoms with Gasteiger partial charge in [-0.3, -0.25) is 0 Å². The molecule has 1 aromatic rings. The Morgan fingerprint density at radius 3 is 2.53 bits per heavy atom. The Bertz CT molecular complexity index is 407. The summed E-state index contributed by atoms with van der Waals surface area (Å²) in [5, 5.41) is 0. The molecule has 0 amide bonds. The highest BCUT2D eigenvalue weighted by Crippen LogP contribution is 2.30. The standard InChI is InChI=1S/C13H16BrF3O2/c1-9-7-10(3-4-12(9)18-2)11(14)5-6-19-8-13(15,16)17/h3-4,7,11H,5-6,8H2,1-2H3. The number of hydrogen-bond donors (Lipinski definition) is 0. The average Bonchev–Trinajstić information content (AvgIpc) is 2.33. The van der Waals surface area contributed by atoms with Crippen molar-refractivity contribution < 1.29 is 22.6 Å². The van der Waals surface area contributed by atoms with Crippen LogP contribution in [0.1, 0.15) is 22.4 Å². The predicted molar refractivity (Wildman–Crippen MR) is 70.9 cm³/mol. The zero-order valence-corrected chi connectivity index (χ0v) is 12.3. The van der Waals surface area contributed by atoms with Gasteiger partial charge in [0.05, 0.1) is 7.11 Å². The van der Waals surface area contributed by atoms with E-state index >= 15 is 0 Å². The largest absolute Gasteiger partial charge is 0.496 e. The number of ether oxygens (including phenoxy) is 2. The third kappa shape index (κ3) is 5.82. The summed E-state index contributed by atoms with van der Waals surface area (Å²) in [5.41, 5.74) is 1.98. The fraction of sp³-hybridized carbons (Fsp3) is 0.538. The molecule has 1 aromatic carbocycles. The molecule has 0 bridgehead atoms. The highest BCUT2D eigenvalue weighted by atomic mass is 79.9. The lowest BCUT2D eigenvalue weighted by molar-refractivity contribution is -0.174. The monoisotopic (exact) mass is 340 g/mol. The van der Waals surface area contributed by atoms with Gasteiger partial charge in [0.1, 0.15) is 12.4 Å². The van der Waals surface area contributed by atoms with Gasteiger partial charge in [-0.1, -0.05) is 28.1 Å². The molecule has 0 aliphatic carbocycles. The first kappa shape index (κ1) is 16.3. The lowest BCUT2D eigenvalue weighted by atomic mass is 10.1. The molecule has 0 aromatic heterocycles. The molecule has 2 nitrogen and oxygen atoms in total. The van der Waals surface area contributed by atoms with Gasteiger partial charge in [0.15, 0.2) is 0 Å². The van der Waals surface area contributed by atoms with E-state index in [9.17, 15) is 13.2 Å². The minimum atomic E-state index is -4.27. The summed E-state index contributed by atoms with van der Waals surface area (Å²) in [6.07, 6.45) is -3.79. The number of methoxy groups -OCH3 is 1. The molecule has 0 fully saturated rings. The average molecular weight is 341 g/mol. The van der Waals surface area contributed by atoms with E-state index < -0.39 is 12.8 Å². The molecule has 1 rings (SSSR count). The fourth-order valence-corrected chi connectivity index (χ4v) is 2.11. The van der Waals surface area contributed by atoms with Gasteiger partial charge >= 0.3 is 6.18 Å². The van der Waals surface area contributed by atoms with Crippen LogP contribution in [-0.2, 0) is 4.74 Å². The van der Waals surface area contributed by atoms with Crippen LogP contribution in [-0.4, -0.2) is 26.5 Å². The minimum Gasteiger partial charge on any atom is -0.496 e. The molecule has 0 saturated carbocycles. The van der Waals surface area contributed by atoms with Crippen molar-refractivity contribution in [2.45, 2.75) is 24.3 Å². The van der Waals surface area contributed by atoms with Crippen LogP contribution in [0.25, 0.3) is 0 Å². The molecule has 6 heteroatoms. The van der Waals surface area contributed by atoms with Crippen molar-refractivity contribution >= 4 is 15.9 Å². The van der Waals surface area contributed by atoms with Crippen LogP contribution in [0.15, 0.2) is 18.2 Å². The van der Waals surface area contributed by atoms with Crippen LogP contribution in [0.5, 0.6) is 5.75 Å². The Labute approximate surface area is 119 Å². The summed E-state index contributed by atoms with van der Waals surface area (Å²) >= 11 is 3.45. The molecule has 0 radical (unpaired) electrons. The third-order valence-electron chi connectivity index (χ3n) is 2.56. The second-order valence-corrected chi connectivity index (χ2v) is 5.26. The van der Waals surface area contributed by atoms with Crippen molar-refractivity contribution in [2.24, 2.45) is 0 Å². The molecule has 0 spiro atoms. The van der Waals surface area contributed by atoms with Crippen molar-refractivity contribution in [3.63, 3.8) is 0 Å². The summed E-state index contributed by atoms with van der Waals surface area (Å²) in [7, 11) is 1.60. The molecule has 0 heterocycles. The molecule has 1 atom stereocenters. The second kappa shape index (κ2) is 7.14. The Morgan fingerprint density at radius 2 is 2.00 bits per heavy atom. The molecular formula is C13H16BrF3O2. The van der Waals surface area contributed by atoms with Crippen LogP contribution in [0.4, 0.5) is 13.2 Å². The quantitative estimate of drug-likeness (QED) is 0.564. The summed E-state index contributed by atoms with van der Waals surface area (Å²) in [5.74, 6) is 0.789. The SMILES string of the molecule is COc1ccc(C(Br)CCOCC(F)(F)F)cc1C. The van der Waals surface area contributed by atoms with E-state index in [1.165, 1.54) is 0 Å². The first-order valence-electron chi connectivity index (χ1n) is 5.76. The maximum Gasteiger partial charge on any atom is 0.411 e. The van der Waals surface area contributed by atoms with Crippen molar-refractivity contribution in [1.29, 1.82) is 0 Å². The van der Waals surface area contributed by atoms with Crippen LogP contribution in [0, 0.1) is 6.92 Å². The smallest absolute Gasteiger partial charge is 0.411 e. The fourth-order valence-electron chi connectivity index (χ4n) is 1.64. The minimum absolute atomic E-state index is 0.0367. The van der Waals surface area contributed by atoms with Crippen LogP contribution in [0.3, 0.4) is 0 Å². The Morgan fingerprint density at radius 1 is 1.32 bits per heavy atom. The van der Waals surface area contributed by atoms with E-state index in [0.717, 1.165) is 16.9 Å². The zero-order chi connectivity index (χ0) is 14.5. The first-order chi connectivity index (χ1) is 8.83. The van der Waals surface area contributed by atoms with E-state index in [2.05, 4.69) is 20.7 Å². The zero-order valence-electron chi connectivity index (χ0n) is 10.8. The lowest BCUT2D eigenvalue weighted by Crippen LogP contribution is -2.17. The van der Waals surface area contributed by atoms with E-state index in [1.807, 2.05) is 25.1 Å². The molecule has 0 aliphatic heterocycles. The molecule has 1 unspecified atom stereocenters. The van der Waals surface area contributed by atoms with Gasteiger partial charge < -0.3 is 9.47 Å². The lowest BCUT2D eigenvalue weighted by Gasteiger charge is -2.13. The number of halogens is 4. The van der Waals surface area contributed by atoms with Crippen LogP contribution >= 0.6 is 15.9 Å². The highest BCUT2D eigenvalue weighted by Gasteiger charge is 2.27. The maximum atomic E-state index is 11.9. The highest BCUT2D eigenvalue weighted by molar-refractivity contribution is 9.09. The summed E-state index contributed by atoms with van der Waals surface area (Å²) in [6, 6.07) is 5.67. The topological polar surface area (TPSA) is 18.5 Å². The van der Waals surface area contributed by atoms with E-state index in [-0.39, 0.29) is 11.4 Å². The first-order valence-corrected chi connectivity index (χ1v) is 6.68. The number of aryl methyl sites for hydroxylation is 1. The normalized spacial score (nSPS) is 13.4. The number of rotatable bonds is 6. The van der Waals surface area contributed by atoms with Gasteiger partial charge in [0.2, 0.25) is 0 Å². The Balaban J connectivity index is 2.45. The number of benzene rings is 1. The van der Waals surface area contributed by atoms with Gasteiger partial charge in [-0.25, -0.2) is 0 Å². The van der Waals surface area contributed by atoms with E-state index in [4.69, 9.17) is 4.74 Å². The van der Waals surface area contributed by atoms with E-state index in [1.54, 1.807) is 7.11 Å². The molecule has 0 aliphatic rings. The Hall–Kier alpha value is -0.750. The maximum absolute atomic E-state index is 11.9. The number of hydrogen-bond acceptors (Lipinski definition) is 2. The summed E-state index contributed by atoms with van der Waals surface area (Å²) in [6.45, 7) is 0.775. The molecule has 108 valence electrons. The van der Waals surface area contributed by atoms with E-state index in [0.29, 0.717) is 6.42 Å². The predicted octanol–water partition coefficient (Wildman–Crippen LogP) is 4.41. The molecular weight excluding hydrogens is 325 g/mol. The van der Waals surface area contributed by atoms with Crippen molar-refractivity contribution in [2.75, 3.05) is 20.3 Å². The van der Waals surface area contributed by atoms with Crippen molar-refractivity contribution in [1.82, 2.24) is 0 Å². The van der Waals surface area contributed by atoms with Gasteiger partial charge in [-0.15, -0.1) is 0 Å². The van der Waals surface area contributed by atoms with Crippen LogP contribution < -0.4 is 4.74 Å². The Kier molecular flexibility index (Phi) is 6.13. The summed E-state index contributed by atoms with van der Waals surface area (Å²) in [4.78, 5) is -0.0367. The third-order valence-corrected chi connectivity index (χ3v) is 3.55.